The van der Waals surface area contributed by atoms with Gasteiger partial charge in [-0.15, -0.1) is 0 Å². The van der Waals surface area contributed by atoms with Gasteiger partial charge in [0, 0.05) is 10.8 Å². The minimum atomic E-state index is -1.21. The van der Waals surface area contributed by atoms with Crippen LogP contribution in [-0.2, 0) is 10.8 Å². The largest absolute Gasteiger partial charge is 0.519 e. The van der Waals surface area contributed by atoms with E-state index in [1.165, 1.54) is 12.1 Å². The van der Waals surface area contributed by atoms with E-state index < -0.39 is 17.5 Å². The number of benzene rings is 4. The van der Waals surface area contributed by atoms with E-state index in [0.29, 0.717) is 8.81 Å². The summed E-state index contributed by atoms with van der Waals surface area (Å²) >= 11 is 0. The molecular formula is C34H35O7P. The molecule has 1 atom stereocenters. The lowest BCUT2D eigenvalue weighted by molar-refractivity contribution is 0.0693. The fourth-order valence-electron chi connectivity index (χ4n) is 4.72. The molecular weight excluding hydrogens is 551 g/mol. The van der Waals surface area contributed by atoms with Gasteiger partial charge in [0.15, 0.2) is 0 Å². The predicted octanol–water partition coefficient (Wildman–Crippen LogP) is 8.23. The number of carbonyl (C=O) groups excluding carboxylic acids is 1. The second-order valence-electron chi connectivity index (χ2n) is 10.8. The van der Waals surface area contributed by atoms with Crippen LogP contribution in [0.3, 0.4) is 0 Å². The molecule has 0 saturated carbocycles. The lowest BCUT2D eigenvalue weighted by Gasteiger charge is -2.27. The van der Waals surface area contributed by atoms with E-state index in [9.17, 15) is 14.7 Å². The van der Waals surface area contributed by atoms with E-state index in [1.807, 2.05) is 81.2 Å². The highest BCUT2D eigenvalue weighted by Gasteiger charge is 2.27. The van der Waals surface area contributed by atoms with Crippen molar-refractivity contribution in [1.29, 1.82) is 0 Å². The summed E-state index contributed by atoms with van der Waals surface area (Å²) in [7, 11) is 1.98. The van der Waals surface area contributed by atoms with Crippen molar-refractivity contribution < 1.29 is 33.4 Å². The quantitative estimate of drug-likeness (QED) is 0.114. The number of aromatic carboxylic acids is 1. The number of methoxy groups -OCH3 is 1. The van der Waals surface area contributed by atoms with Gasteiger partial charge < -0.3 is 23.8 Å². The van der Waals surface area contributed by atoms with Crippen molar-refractivity contribution >= 4 is 20.9 Å². The standard InChI is InChI=1S/C34H35O7P/c1-33(2,22-7-14-26(38-5)15-8-22)23-9-16-27(17-10-23)39-32(37)40-30-20-13-25(21-29(30)31(35)36)34(3,4)24-11-18-28(19-12-24)41-42-6/h7-21,42H,1-6H3,(H,35,36). The predicted molar refractivity (Wildman–Crippen MR) is 165 cm³/mol. The van der Waals surface area contributed by atoms with E-state index in [4.69, 9.17) is 18.7 Å². The zero-order chi connectivity index (χ0) is 30.5. The monoisotopic (exact) mass is 586 g/mol. The maximum Gasteiger partial charge on any atom is 0.519 e. The van der Waals surface area contributed by atoms with Crippen LogP contribution in [0.4, 0.5) is 4.79 Å². The number of hydrogen-bond donors (Lipinski definition) is 1. The summed E-state index contributed by atoms with van der Waals surface area (Å²) in [6.07, 6.45) is -1.03. The van der Waals surface area contributed by atoms with Gasteiger partial charge in [0.2, 0.25) is 0 Å². The fraction of sp³-hybridized carbons (Fsp3) is 0.235. The Bertz CT molecular complexity index is 1540. The van der Waals surface area contributed by atoms with Crippen LogP contribution in [0.15, 0.2) is 91.0 Å². The second-order valence-corrected chi connectivity index (χ2v) is 11.4. The number of rotatable bonds is 10. The van der Waals surface area contributed by atoms with E-state index in [2.05, 4.69) is 13.8 Å². The van der Waals surface area contributed by atoms with Crippen molar-refractivity contribution in [3.8, 4) is 23.0 Å². The first-order chi connectivity index (χ1) is 19.9. The van der Waals surface area contributed by atoms with Gasteiger partial charge >= 0.3 is 12.1 Å². The lowest BCUT2D eigenvalue weighted by Crippen LogP contribution is -2.21. The molecule has 0 aliphatic carbocycles. The van der Waals surface area contributed by atoms with Crippen LogP contribution >= 0.6 is 8.81 Å². The summed E-state index contributed by atoms with van der Waals surface area (Å²) in [6.45, 7) is 10.2. The summed E-state index contributed by atoms with van der Waals surface area (Å²) in [5.74, 6) is 0.527. The van der Waals surface area contributed by atoms with Crippen LogP contribution in [0.2, 0.25) is 0 Å². The minimum absolute atomic E-state index is 0.100. The zero-order valence-corrected chi connectivity index (χ0v) is 25.6. The van der Waals surface area contributed by atoms with Gasteiger partial charge in [-0.3, -0.25) is 0 Å². The summed E-state index contributed by atoms with van der Waals surface area (Å²) in [5.41, 5.74) is 2.90. The molecule has 8 heteroatoms. The third kappa shape index (κ3) is 6.75. The number of hydrogen-bond acceptors (Lipinski definition) is 6. The van der Waals surface area contributed by atoms with E-state index >= 15 is 0 Å². The van der Waals surface area contributed by atoms with E-state index in [1.54, 1.807) is 25.3 Å². The van der Waals surface area contributed by atoms with Crippen LogP contribution in [-0.4, -0.2) is 31.0 Å². The molecule has 4 rings (SSSR count). The van der Waals surface area contributed by atoms with Crippen molar-refractivity contribution in [1.82, 2.24) is 0 Å². The third-order valence-corrected chi connectivity index (χ3v) is 7.95. The number of ether oxygens (including phenoxy) is 3. The summed E-state index contributed by atoms with van der Waals surface area (Å²) < 4.78 is 21.5. The van der Waals surface area contributed by atoms with E-state index in [0.717, 1.165) is 33.8 Å². The van der Waals surface area contributed by atoms with Gasteiger partial charge in [-0.25, -0.2) is 9.59 Å². The summed E-state index contributed by atoms with van der Waals surface area (Å²) in [6, 6.07) is 27.5. The Hall–Kier alpha value is -4.35. The molecule has 0 bridgehead atoms. The highest BCUT2D eigenvalue weighted by Crippen LogP contribution is 2.36. The Balaban J connectivity index is 1.48. The molecule has 0 aliphatic heterocycles. The van der Waals surface area contributed by atoms with Crippen molar-refractivity contribution in [2.24, 2.45) is 0 Å². The first kappa shape index (κ1) is 30.6. The van der Waals surface area contributed by atoms with Crippen molar-refractivity contribution in [2.75, 3.05) is 13.8 Å². The van der Waals surface area contributed by atoms with Crippen LogP contribution in [0.1, 0.15) is 60.3 Å². The van der Waals surface area contributed by atoms with Crippen molar-refractivity contribution in [3.63, 3.8) is 0 Å². The molecule has 4 aromatic rings. The molecule has 0 fully saturated rings. The molecule has 1 N–H and O–H groups in total. The molecule has 0 spiro atoms. The van der Waals surface area contributed by atoms with Crippen LogP contribution < -0.4 is 18.7 Å². The molecule has 0 radical (unpaired) electrons. The van der Waals surface area contributed by atoms with Crippen molar-refractivity contribution in [3.05, 3.63) is 119 Å². The second kappa shape index (κ2) is 12.7. The molecule has 0 amide bonds. The smallest absolute Gasteiger partial charge is 0.497 e. The maximum absolute atomic E-state index is 12.6. The topological polar surface area (TPSA) is 91.3 Å². The Labute approximate surface area is 248 Å². The maximum atomic E-state index is 12.6. The highest BCUT2D eigenvalue weighted by molar-refractivity contribution is 7.31. The molecule has 0 aliphatic rings. The zero-order valence-electron chi connectivity index (χ0n) is 24.6. The number of carbonyl (C=O) groups is 2. The molecule has 0 aromatic heterocycles. The number of carboxylic acid groups (broad SMARTS) is 1. The van der Waals surface area contributed by atoms with Gasteiger partial charge in [-0.1, -0.05) is 70.2 Å². The molecule has 4 aromatic carbocycles. The third-order valence-electron chi connectivity index (χ3n) is 7.51. The normalized spacial score (nSPS) is 11.8. The van der Waals surface area contributed by atoms with Gasteiger partial charge in [-0.05, 0) is 77.4 Å². The fourth-order valence-corrected chi connectivity index (χ4v) is 5.09. The van der Waals surface area contributed by atoms with Crippen molar-refractivity contribution in [2.45, 2.75) is 38.5 Å². The van der Waals surface area contributed by atoms with Crippen LogP contribution in [0, 0.1) is 0 Å². The van der Waals surface area contributed by atoms with Crippen LogP contribution in [0.5, 0.6) is 23.0 Å². The average Bonchev–Trinajstić information content (AvgIpc) is 2.98. The Morgan fingerprint density at radius 3 is 1.57 bits per heavy atom. The first-order valence-corrected chi connectivity index (χ1v) is 14.8. The molecule has 0 heterocycles. The summed E-state index contributed by atoms with van der Waals surface area (Å²) in [5, 5.41) is 9.90. The van der Waals surface area contributed by atoms with E-state index in [-0.39, 0.29) is 22.5 Å². The first-order valence-electron chi connectivity index (χ1n) is 13.4. The lowest BCUT2D eigenvalue weighted by atomic mass is 9.77. The molecule has 7 nitrogen and oxygen atoms in total. The Morgan fingerprint density at radius 1 is 0.643 bits per heavy atom. The van der Waals surface area contributed by atoms with Gasteiger partial charge in [0.05, 0.1) is 15.9 Å². The SMILES string of the molecule is COc1ccc(C(C)(C)c2ccc(OC(=O)Oc3ccc(C(C)(C)c4ccc(OPC)cc4)cc3C(=O)O)cc2)cc1. The molecule has 218 valence electrons. The summed E-state index contributed by atoms with van der Waals surface area (Å²) in [4.78, 5) is 24.8. The van der Waals surface area contributed by atoms with Crippen LogP contribution in [0.25, 0.3) is 0 Å². The highest BCUT2D eigenvalue weighted by atomic mass is 31.1. The van der Waals surface area contributed by atoms with Gasteiger partial charge in [-0.2, -0.15) is 0 Å². The molecule has 42 heavy (non-hydrogen) atoms. The minimum Gasteiger partial charge on any atom is -0.497 e. The Morgan fingerprint density at radius 2 is 1.10 bits per heavy atom. The average molecular weight is 587 g/mol. The number of carboxylic acids is 1. The Kier molecular flexibility index (Phi) is 9.23. The van der Waals surface area contributed by atoms with Gasteiger partial charge in [0.1, 0.15) is 28.6 Å². The molecule has 1 unspecified atom stereocenters. The molecule has 0 saturated heterocycles. The van der Waals surface area contributed by atoms with Gasteiger partial charge in [0.25, 0.3) is 0 Å².